The zero-order valence-corrected chi connectivity index (χ0v) is 48.7. The van der Waals surface area contributed by atoms with Gasteiger partial charge in [-0.2, -0.15) is 0 Å². The minimum absolute atomic E-state index is 0.00991. The number of unbranched alkanes of at least 4 members (excludes halogenated alkanes) is 48. The Hall–Kier alpha value is -1.66. The number of ether oxygens (including phenoxy) is 1. The topological polar surface area (TPSA) is 95.9 Å². The highest BCUT2D eigenvalue weighted by Crippen LogP contribution is 2.18. The highest BCUT2D eigenvalue weighted by molar-refractivity contribution is 5.76. The van der Waals surface area contributed by atoms with Crippen molar-refractivity contribution in [1.82, 2.24) is 5.32 Å². The second kappa shape index (κ2) is 61.9. The van der Waals surface area contributed by atoms with Crippen LogP contribution in [0, 0.1) is 0 Å². The van der Waals surface area contributed by atoms with Gasteiger partial charge in [-0.15, -0.1) is 0 Å². The lowest BCUT2D eigenvalue weighted by Gasteiger charge is -2.20. The molecular formula is C66H127NO5. The summed E-state index contributed by atoms with van der Waals surface area (Å²) >= 11 is 0. The molecule has 3 N–H and O–H groups in total. The Morgan fingerprint density at radius 3 is 0.986 bits per heavy atom. The Kier molecular flexibility index (Phi) is 60.5. The van der Waals surface area contributed by atoms with E-state index < -0.39 is 12.1 Å². The van der Waals surface area contributed by atoms with Gasteiger partial charge < -0.3 is 20.3 Å². The molecule has 0 aromatic rings. The lowest BCUT2D eigenvalue weighted by molar-refractivity contribution is -0.143. The molecule has 0 saturated carbocycles. The molecule has 72 heavy (non-hydrogen) atoms. The maximum absolute atomic E-state index is 12.5. The number of carbonyl (C=O) groups excluding carboxylic acids is 2. The van der Waals surface area contributed by atoms with Crippen molar-refractivity contribution >= 4 is 11.9 Å². The highest BCUT2D eigenvalue weighted by Gasteiger charge is 2.18. The third-order valence-electron chi connectivity index (χ3n) is 15.2. The number of amides is 1. The van der Waals surface area contributed by atoms with Crippen LogP contribution >= 0.6 is 0 Å². The van der Waals surface area contributed by atoms with Crippen LogP contribution in [0.25, 0.3) is 0 Å². The van der Waals surface area contributed by atoms with E-state index in [0.717, 1.165) is 44.9 Å². The maximum Gasteiger partial charge on any atom is 0.305 e. The lowest BCUT2D eigenvalue weighted by atomic mass is 10.0. The van der Waals surface area contributed by atoms with Crippen LogP contribution in [0.15, 0.2) is 24.3 Å². The normalized spacial score (nSPS) is 12.7. The average Bonchev–Trinajstić information content (AvgIpc) is 3.38. The molecule has 0 saturated heterocycles. The van der Waals surface area contributed by atoms with Crippen molar-refractivity contribution in [2.45, 2.75) is 373 Å². The number of hydrogen-bond donors (Lipinski definition) is 3. The monoisotopic (exact) mass is 1010 g/mol. The Morgan fingerprint density at radius 1 is 0.375 bits per heavy atom. The Labute approximate surface area is 450 Å². The summed E-state index contributed by atoms with van der Waals surface area (Å²) in [6.07, 6.45) is 76.5. The third kappa shape index (κ3) is 57.6. The zero-order valence-electron chi connectivity index (χ0n) is 48.7. The molecule has 0 aliphatic heterocycles. The van der Waals surface area contributed by atoms with Crippen LogP contribution in [0.5, 0.6) is 0 Å². The predicted molar refractivity (Wildman–Crippen MR) is 315 cm³/mol. The fourth-order valence-electron chi connectivity index (χ4n) is 10.2. The quantitative estimate of drug-likeness (QED) is 0.0320. The van der Waals surface area contributed by atoms with Crippen LogP contribution < -0.4 is 5.32 Å². The number of hydrogen-bond acceptors (Lipinski definition) is 5. The van der Waals surface area contributed by atoms with Crippen LogP contribution in [0.1, 0.15) is 361 Å². The minimum Gasteiger partial charge on any atom is -0.466 e. The number of allylic oxidation sites excluding steroid dienone is 3. The van der Waals surface area contributed by atoms with Gasteiger partial charge in [0.25, 0.3) is 0 Å². The van der Waals surface area contributed by atoms with Crippen LogP contribution in [-0.4, -0.2) is 47.4 Å². The van der Waals surface area contributed by atoms with Crippen molar-refractivity contribution in [1.29, 1.82) is 0 Å². The molecule has 2 atom stereocenters. The molecule has 2 unspecified atom stereocenters. The second-order valence-electron chi connectivity index (χ2n) is 22.5. The van der Waals surface area contributed by atoms with E-state index in [2.05, 4.69) is 31.3 Å². The zero-order chi connectivity index (χ0) is 52.2. The van der Waals surface area contributed by atoms with E-state index in [1.165, 1.54) is 289 Å². The molecular weight excluding hydrogens is 887 g/mol. The minimum atomic E-state index is -0.844. The van der Waals surface area contributed by atoms with Crippen molar-refractivity contribution < 1.29 is 24.5 Å². The first kappa shape index (κ1) is 70.3. The molecule has 0 fully saturated rings. The number of aliphatic hydroxyl groups excluding tert-OH is 2. The summed E-state index contributed by atoms with van der Waals surface area (Å²) in [4.78, 5) is 24.6. The van der Waals surface area contributed by atoms with Gasteiger partial charge in [-0.05, 0) is 57.8 Å². The van der Waals surface area contributed by atoms with Gasteiger partial charge >= 0.3 is 5.97 Å². The van der Waals surface area contributed by atoms with Gasteiger partial charge in [0.05, 0.1) is 25.4 Å². The smallest absolute Gasteiger partial charge is 0.305 e. The summed E-state index contributed by atoms with van der Waals surface area (Å²) in [7, 11) is 0. The van der Waals surface area contributed by atoms with E-state index in [4.69, 9.17) is 4.74 Å². The van der Waals surface area contributed by atoms with Gasteiger partial charge in [0.2, 0.25) is 5.91 Å². The van der Waals surface area contributed by atoms with Gasteiger partial charge in [-0.1, -0.05) is 314 Å². The molecule has 6 nitrogen and oxygen atoms in total. The molecule has 0 aliphatic rings. The SMILES string of the molecule is CCCCCCCC/C=C\CCCCCCCCCC(=O)OCCCCCCCCCCCCCCCCCCCCCCCCC(=O)NC(CO)C(O)/C=C/CCCCCCCCCCCCCCCC. The summed E-state index contributed by atoms with van der Waals surface area (Å²) < 4.78 is 5.50. The van der Waals surface area contributed by atoms with Crippen molar-refractivity contribution in [3.05, 3.63) is 24.3 Å². The summed E-state index contributed by atoms with van der Waals surface area (Å²) in [6.45, 7) is 4.92. The highest BCUT2D eigenvalue weighted by atomic mass is 16.5. The molecule has 0 aromatic heterocycles. The largest absolute Gasteiger partial charge is 0.466 e. The second-order valence-corrected chi connectivity index (χ2v) is 22.5. The number of aliphatic hydroxyl groups is 2. The molecule has 0 bridgehead atoms. The van der Waals surface area contributed by atoms with E-state index >= 15 is 0 Å². The van der Waals surface area contributed by atoms with Gasteiger partial charge in [0, 0.05) is 12.8 Å². The lowest BCUT2D eigenvalue weighted by Crippen LogP contribution is -2.45. The Bertz CT molecular complexity index is 1120. The number of esters is 1. The molecule has 0 rings (SSSR count). The first-order valence-corrected chi connectivity index (χ1v) is 32.6. The Morgan fingerprint density at radius 2 is 0.653 bits per heavy atom. The van der Waals surface area contributed by atoms with Gasteiger partial charge in [0.1, 0.15) is 0 Å². The number of carbonyl (C=O) groups is 2. The first-order valence-electron chi connectivity index (χ1n) is 32.6. The molecule has 0 aromatic carbocycles. The van der Waals surface area contributed by atoms with E-state index in [1.807, 2.05) is 6.08 Å². The van der Waals surface area contributed by atoms with Crippen LogP contribution in [0.4, 0.5) is 0 Å². The summed E-state index contributed by atoms with van der Waals surface area (Å²) in [5, 5.41) is 23.2. The summed E-state index contributed by atoms with van der Waals surface area (Å²) in [6, 6.07) is -0.628. The van der Waals surface area contributed by atoms with Crippen LogP contribution in [0.2, 0.25) is 0 Å². The van der Waals surface area contributed by atoms with Gasteiger partial charge in [-0.3, -0.25) is 9.59 Å². The Balaban J connectivity index is 3.39. The molecule has 0 heterocycles. The standard InChI is InChI=1S/C66H127NO5/c1-3-5-7-9-11-13-15-17-19-27-32-36-40-44-48-52-56-60-66(71)72-61-57-53-49-45-41-37-33-29-26-24-22-21-23-25-28-31-35-39-43-47-51-55-59-65(70)67-63(62-68)64(69)58-54-50-46-42-38-34-30-20-18-16-14-12-10-8-6-4-2/h17,19,54,58,63-64,68-69H,3-16,18,20-53,55-57,59-62H2,1-2H3,(H,67,70)/b19-17-,58-54+. The van der Waals surface area contributed by atoms with E-state index in [1.54, 1.807) is 6.08 Å². The average molecular weight is 1010 g/mol. The third-order valence-corrected chi connectivity index (χ3v) is 15.2. The van der Waals surface area contributed by atoms with E-state index in [9.17, 15) is 19.8 Å². The number of rotatable bonds is 61. The van der Waals surface area contributed by atoms with Crippen molar-refractivity contribution in [2.24, 2.45) is 0 Å². The van der Waals surface area contributed by atoms with E-state index in [0.29, 0.717) is 19.4 Å². The van der Waals surface area contributed by atoms with Gasteiger partial charge in [0.15, 0.2) is 0 Å². The molecule has 0 spiro atoms. The van der Waals surface area contributed by atoms with Crippen molar-refractivity contribution in [2.75, 3.05) is 13.2 Å². The molecule has 426 valence electrons. The summed E-state index contributed by atoms with van der Waals surface area (Å²) in [5.41, 5.74) is 0. The molecule has 0 aliphatic carbocycles. The molecule has 0 radical (unpaired) electrons. The van der Waals surface area contributed by atoms with Crippen LogP contribution in [0.3, 0.4) is 0 Å². The fraction of sp³-hybridized carbons (Fsp3) is 0.909. The first-order chi connectivity index (χ1) is 35.5. The molecule has 6 heteroatoms. The fourth-order valence-corrected chi connectivity index (χ4v) is 10.2. The van der Waals surface area contributed by atoms with Gasteiger partial charge in [-0.25, -0.2) is 0 Å². The summed E-state index contributed by atoms with van der Waals surface area (Å²) in [5.74, 6) is -0.0559. The number of nitrogens with one attached hydrogen (secondary N) is 1. The molecule has 1 amide bonds. The van der Waals surface area contributed by atoms with Crippen LogP contribution in [-0.2, 0) is 14.3 Å². The van der Waals surface area contributed by atoms with Crippen molar-refractivity contribution in [3.8, 4) is 0 Å². The van der Waals surface area contributed by atoms with Crippen molar-refractivity contribution in [3.63, 3.8) is 0 Å². The van der Waals surface area contributed by atoms with E-state index in [-0.39, 0.29) is 18.5 Å². The predicted octanol–water partition coefficient (Wildman–Crippen LogP) is 20.6. The maximum atomic E-state index is 12.5.